The van der Waals surface area contributed by atoms with Crippen molar-refractivity contribution < 1.29 is 5.11 Å². The van der Waals surface area contributed by atoms with Crippen LogP contribution in [0.25, 0.3) is 0 Å². The van der Waals surface area contributed by atoms with Gasteiger partial charge >= 0.3 is 0 Å². The van der Waals surface area contributed by atoms with Crippen molar-refractivity contribution in [3.63, 3.8) is 0 Å². The highest BCUT2D eigenvalue weighted by molar-refractivity contribution is 5.51. The average molecular weight is 281 g/mol. The van der Waals surface area contributed by atoms with Crippen molar-refractivity contribution >= 4 is 5.69 Å². The predicted octanol–water partition coefficient (Wildman–Crippen LogP) is 4.02. The van der Waals surface area contributed by atoms with Crippen LogP contribution in [0.15, 0.2) is 48.5 Å². The van der Waals surface area contributed by atoms with Gasteiger partial charge in [0.25, 0.3) is 0 Å². The van der Waals surface area contributed by atoms with Crippen LogP contribution in [-0.2, 0) is 12.0 Å². The molecule has 0 fully saturated rings. The molecule has 110 valence electrons. The monoisotopic (exact) mass is 281 g/mol. The molecule has 0 amide bonds. The van der Waals surface area contributed by atoms with Crippen molar-refractivity contribution in [1.29, 1.82) is 0 Å². The number of aliphatic hydroxyl groups excluding tert-OH is 1. The predicted molar refractivity (Wildman–Crippen MR) is 87.6 cm³/mol. The van der Waals surface area contributed by atoms with Gasteiger partial charge in [0.05, 0.1) is 12.1 Å². The van der Waals surface area contributed by atoms with E-state index in [0.29, 0.717) is 0 Å². The molecule has 0 spiro atoms. The van der Waals surface area contributed by atoms with Gasteiger partial charge < -0.3 is 10.4 Å². The summed E-state index contributed by atoms with van der Waals surface area (Å²) in [4.78, 5) is 0. The van der Waals surface area contributed by atoms with Gasteiger partial charge in [-0.2, -0.15) is 0 Å². The van der Waals surface area contributed by atoms with Gasteiger partial charge in [0.15, 0.2) is 0 Å². The third kappa shape index (κ3) is 2.81. The molecule has 2 nitrogen and oxygen atoms in total. The van der Waals surface area contributed by atoms with Gasteiger partial charge in [0.2, 0.25) is 0 Å². The van der Waals surface area contributed by atoms with Crippen LogP contribution in [-0.4, -0.2) is 11.7 Å². The van der Waals surface area contributed by atoms with E-state index < -0.39 is 0 Å². The Kier molecular flexibility index (Phi) is 3.98. The summed E-state index contributed by atoms with van der Waals surface area (Å²) in [6.45, 7) is 2.21. The Morgan fingerprint density at radius 1 is 1.05 bits per heavy atom. The SMILES string of the molecule is Cc1ccc(NC2(CO)CCCCc3ccccc32)cc1. The number of aryl methyl sites for hydroxylation is 2. The van der Waals surface area contributed by atoms with Crippen molar-refractivity contribution in [3.8, 4) is 0 Å². The lowest BCUT2D eigenvalue weighted by atomic mass is 9.84. The van der Waals surface area contributed by atoms with E-state index in [-0.39, 0.29) is 12.1 Å². The van der Waals surface area contributed by atoms with Crippen LogP contribution in [0.2, 0.25) is 0 Å². The average Bonchev–Trinajstić information content (AvgIpc) is 2.70. The number of aliphatic hydroxyl groups is 1. The lowest BCUT2D eigenvalue weighted by Crippen LogP contribution is -2.39. The Morgan fingerprint density at radius 2 is 1.81 bits per heavy atom. The molecular weight excluding hydrogens is 258 g/mol. The second-order valence-corrected chi connectivity index (χ2v) is 6.10. The molecule has 0 saturated carbocycles. The lowest BCUT2D eigenvalue weighted by Gasteiger charge is -2.35. The Hall–Kier alpha value is -1.80. The number of rotatable bonds is 3. The maximum atomic E-state index is 10.2. The first-order valence-electron chi connectivity index (χ1n) is 7.78. The van der Waals surface area contributed by atoms with E-state index in [0.717, 1.165) is 24.9 Å². The van der Waals surface area contributed by atoms with Crippen LogP contribution in [0.1, 0.15) is 36.0 Å². The molecule has 0 heterocycles. The smallest absolute Gasteiger partial charge is 0.0859 e. The zero-order chi connectivity index (χ0) is 14.7. The molecule has 2 aromatic rings. The molecule has 0 aliphatic heterocycles. The fourth-order valence-electron chi connectivity index (χ4n) is 3.33. The number of hydrogen-bond donors (Lipinski definition) is 2. The van der Waals surface area contributed by atoms with Gasteiger partial charge in [-0.25, -0.2) is 0 Å². The zero-order valence-corrected chi connectivity index (χ0v) is 12.6. The van der Waals surface area contributed by atoms with Gasteiger partial charge in [-0.15, -0.1) is 0 Å². The largest absolute Gasteiger partial charge is 0.394 e. The Morgan fingerprint density at radius 3 is 2.57 bits per heavy atom. The molecule has 0 aromatic heterocycles. The zero-order valence-electron chi connectivity index (χ0n) is 12.6. The van der Waals surface area contributed by atoms with E-state index >= 15 is 0 Å². The molecular formula is C19H23NO. The minimum Gasteiger partial charge on any atom is -0.394 e. The number of benzene rings is 2. The lowest BCUT2D eigenvalue weighted by molar-refractivity contribution is 0.202. The number of fused-ring (bicyclic) bond motifs is 1. The summed E-state index contributed by atoms with van der Waals surface area (Å²) in [5.41, 5.74) is 4.59. The summed E-state index contributed by atoms with van der Waals surface area (Å²) < 4.78 is 0. The first-order valence-corrected chi connectivity index (χ1v) is 7.78. The number of nitrogens with one attached hydrogen (secondary N) is 1. The van der Waals surface area contributed by atoms with Gasteiger partial charge in [-0.1, -0.05) is 48.4 Å². The molecule has 1 aliphatic carbocycles. The highest BCUT2D eigenvalue weighted by atomic mass is 16.3. The van der Waals surface area contributed by atoms with Gasteiger partial charge in [-0.05, 0) is 49.4 Å². The maximum absolute atomic E-state index is 10.2. The minimum absolute atomic E-state index is 0.123. The molecule has 0 radical (unpaired) electrons. The van der Waals surface area contributed by atoms with Gasteiger partial charge in [0.1, 0.15) is 0 Å². The fourth-order valence-corrected chi connectivity index (χ4v) is 3.33. The van der Waals surface area contributed by atoms with Crippen molar-refractivity contribution in [3.05, 3.63) is 65.2 Å². The number of anilines is 1. The van der Waals surface area contributed by atoms with E-state index in [9.17, 15) is 5.11 Å². The van der Waals surface area contributed by atoms with Crippen LogP contribution in [0.4, 0.5) is 5.69 Å². The molecule has 1 atom stereocenters. The van der Waals surface area contributed by atoms with E-state index in [2.05, 4.69) is 60.8 Å². The summed E-state index contributed by atoms with van der Waals surface area (Å²) in [6, 6.07) is 16.9. The molecule has 0 bridgehead atoms. The minimum atomic E-state index is -0.359. The molecule has 2 aromatic carbocycles. The molecule has 1 unspecified atom stereocenters. The molecule has 0 saturated heterocycles. The van der Waals surface area contributed by atoms with Crippen molar-refractivity contribution in [2.45, 2.75) is 38.1 Å². The third-order valence-corrected chi connectivity index (χ3v) is 4.54. The topological polar surface area (TPSA) is 32.3 Å². The Balaban J connectivity index is 2.00. The normalized spacial score (nSPS) is 21.4. The maximum Gasteiger partial charge on any atom is 0.0859 e. The Bertz CT molecular complexity index is 605. The second kappa shape index (κ2) is 5.90. The molecule has 2 heteroatoms. The highest BCUT2D eigenvalue weighted by Gasteiger charge is 2.34. The van der Waals surface area contributed by atoms with E-state index in [4.69, 9.17) is 0 Å². The molecule has 3 rings (SSSR count). The number of hydrogen-bond acceptors (Lipinski definition) is 2. The third-order valence-electron chi connectivity index (χ3n) is 4.54. The first kappa shape index (κ1) is 14.2. The molecule has 2 N–H and O–H groups in total. The standard InChI is InChI=1S/C19H23NO/c1-15-9-11-17(12-10-15)20-19(14-21)13-5-4-7-16-6-2-3-8-18(16)19/h2-3,6,8-12,20-21H,4-5,7,13-14H2,1H3. The summed E-state index contributed by atoms with van der Waals surface area (Å²) >= 11 is 0. The first-order chi connectivity index (χ1) is 10.2. The van der Waals surface area contributed by atoms with Crippen LogP contribution >= 0.6 is 0 Å². The van der Waals surface area contributed by atoms with E-state index in [1.54, 1.807) is 0 Å². The molecule has 1 aliphatic rings. The summed E-state index contributed by atoms with van der Waals surface area (Å²) in [6.07, 6.45) is 4.39. The second-order valence-electron chi connectivity index (χ2n) is 6.10. The van der Waals surface area contributed by atoms with E-state index in [1.807, 2.05) is 0 Å². The van der Waals surface area contributed by atoms with Gasteiger partial charge in [-0.3, -0.25) is 0 Å². The van der Waals surface area contributed by atoms with E-state index in [1.165, 1.54) is 23.1 Å². The van der Waals surface area contributed by atoms with Crippen LogP contribution < -0.4 is 5.32 Å². The molecule has 21 heavy (non-hydrogen) atoms. The summed E-state index contributed by atoms with van der Waals surface area (Å²) in [5, 5.41) is 13.8. The quantitative estimate of drug-likeness (QED) is 0.833. The fraction of sp³-hybridized carbons (Fsp3) is 0.368. The highest BCUT2D eigenvalue weighted by Crippen LogP contribution is 2.36. The summed E-state index contributed by atoms with van der Waals surface area (Å²) in [5.74, 6) is 0. The van der Waals surface area contributed by atoms with Crippen LogP contribution in [0.3, 0.4) is 0 Å². The Labute approximate surface area is 126 Å². The van der Waals surface area contributed by atoms with Crippen LogP contribution in [0, 0.1) is 6.92 Å². The van der Waals surface area contributed by atoms with Crippen molar-refractivity contribution in [2.24, 2.45) is 0 Å². The van der Waals surface area contributed by atoms with Crippen molar-refractivity contribution in [2.75, 3.05) is 11.9 Å². The van der Waals surface area contributed by atoms with Crippen LogP contribution in [0.5, 0.6) is 0 Å². The van der Waals surface area contributed by atoms with Gasteiger partial charge in [0, 0.05) is 5.69 Å². The van der Waals surface area contributed by atoms with Crippen molar-refractivity contribution in [1.82, 2.24) is 0 Å². The summed E-state index contributed by atoms with van der Waals surface area (Å²) in [7, 11) is 0.